The van der Waals surface area contributed by atoms with E-state index in [0.717, 1.165) is 48.2 Å². The quantitative estimate of drug-likeness (QED) is 0.244. The minimum Gasteiger partial charge on any atom is -0.489 e. The molecule has 1 saturated heterocycles. The van der Waals surface area contributed by atoms with Gasteiger partial charge in [-0.2, -0.15) is 4.99 Å². The van der Waals surface area contributed by atoms with Crippen LogP contribution >= 0.6 is 11.8 Å². The van der Waals surface area contributed by atoms with Crippen molar-refractivity contribution in [1.82, 2.24) is 9.80 Å². The van der Waals surface area contributed by atoms with Crippen LogP contribution in [-0.2, 0) is 11.4 Å². The van der Waals surface area contributed by atoms with Gasteiger partial charge in [0.2, 0.25) is 0 Å². The molecule has 0 radical (unpaired) electrons. The fraction of sp³-hybridized carbons (Fsp3) is 0.176. The number of amides is 1. The van der Waals surface area contributed by atoms with Gasteiger partial charge in [0.05, 0.1) is 10.9 Å². The first-order valence-electron chi connectivity index (χ1n) is 13.6. The molecule has 0 aromatic heterocycles. The molecule has 2 heterocycles. The SMILES string of the molecule is O=C1N=C(N2CCN(C(c3ccccc3)c3ccccc3)CC2)S/C1=C/c1ccc(OCc2ccccc2)cc1. The lowest BCUT2D eigenvalue weighted by atomic mass is 9.96. The summed E-state index contributed by atoms with van der Waals surface area (Å²) in [4.78, 5) is 22.6. The maximum Gasteiger partial charge on any atom is 0.286 e. The first-order chi connectivity index (χ1) is 19.7. The number of nitrogens with zero attached hydrogens (tertiary/aromatic N) is 3. The average molecular weight is 546 g/mol. The lowest BCUT2D eigenvalue weighted by Crippen LogP contribution is -2.49. The van der Waals surface area contributed by atoms with E-state index in [1.54, 1.807) is 0 Å². The van der Waals surface area contributed by atoms with Gasteiger partial charge in [-0.3, -0.25) is 9.69 Å². The number of hydrogen-bond donors (Lipinski definition) is 0. The molecule has 6 rings (SSSR count). The molecular weight excluding hydrogens is 514 g/mol. The number of carbonyl (C=O) groups excluding carboxylic acids is 1. The Morgan fingerprint density at radius 3 is 1.93 bits per heavy atom. The third kappa shape index (κ3) is 6.19. The van der Waals surface area contributed by atoms with Crippen LogP contribution in [0.3, 0.4) is 0 Å². The molecule has 200 valence electrons. The Balaban J connectivity index is 1.07. The molecule has 6 heteroatoms. The molecule has 0 saturated carbocycles. The van der Waals surface area contributed by atoms with Crippen molar-refractivity contribution in [3.63, 3.8) is 0 Å². The number of thioether (sulfide) groups is 1. The Morgan fingerprint density at radius 2 is 1.32 bits per heavy atom. The van der Waals surface area contributed by atoms with Crippen LogP contribution in [0.15, 0.2) is 125 Å². The van der Waals surface area contributed by atoms with Crippen LogP contribution < -0.4 is 4.74 Å². The van der Waals surface area contributed by atoms with Crippen LogP contribution in [0.25, 0.3) is 6.08 Å². The number of hydrogen-bond acceptors (Lipinski definition) is 5. The third-order valence-electron chi connectivity index (χ3n) is 7.22. The van der Waals surface area contributed by atoms with Gasteiger partial charge in [0.15, 0.2) is 5.17 Å². The molecule has 4 aromatic rings. The number of piperazine rings is 1. The molecule has 0 unspecified atom stereocenters. The fourth-order valence-corrected chi connectivity index (χ4v) is 6.11. The van der Waals surface area contributed by atoms with Gasteiger partial charge in [0.1, 0.15) is 12.4 Å². The summed E-state index contributed by atoms with van der Waals surface area (Å²) < 4.78 is 5.89. The third-order valence-corrected chi connectivity index (χ3v) is 8.26. The summed E-state index contributed by atoms with van der Waals surface area (Å²) in [5.41, 5.74) is 4.68. The first-order valence-corrected chi connectivity index (χ1v) is 14.4. The van der Waals surface area contributed by atoms with E-state index in [2.05, 4.69) is 75.5 Å². The number of aliphatic imine (C=N–C) groups is 1. The maximum atomic E-state index is 12.8. The van der Waals surface area contributed by atoms with Gasteiger partial charge in [0.25, 0.3) is 5.91 Å². The summed E-state index contributed by atoms with van der Waals surface area (Å²) in [6, 6.07) is 39.5. The van der Waals surface area contributed by atoms with Crippen molar-refractivity contribution >= 4 is 28.9 Å². The highest BCUT2D eigenvalue weighted by Gasteiger charge is 2.31. The lowest BCUT2D eigenvalue weighted by Gasteiger charge is -2.40. The topological polar surface area (TPSA) is 45.1 Å². The van der Waals surface area contributed by atoms with Crippen molar-refractivity contribution in [2.75, 3.05) is 26.2 Å². The number of ether oxygens (including phenoxy) is 1. The van der Waals surface area contributed by atoms with E-state index in [0.29, 0.717) is 11.5 Å². The second kappa shape index (κ2) is 12.4. The van der Waals surface area contributed by atoms with E-state index in [9.17, 15) is 4.79 Å². The van der Waals surface area contributed by atoms with Gasteiger partial charge in [-0.1, -0.05) is 103 Å². The van der Waals surface area contributed by atoms with Crippen LogP contribution in [0.5, 0.6) is 5.75 Å². The predicted molar refractivity (Wildman–Crippen MR) is 163 cm³/mol. The smallest absolute Gasteiger partial charge is 0.286 e. The van der Waals surface area contributed by atoms with Gasteiger partial charge >= 0.3 is 0 Å². The molecular formula is C34H31N3O2S. The molecule has 40 heavy (non-hydrogen) atoms. The molecule has 2 aliphatic heterocycles. The Kier molecular flexibility index (Phi) is 8.07. The highest BCUT2D eigenvalue weighted by atomic mass is 32.2. The van der Waals surface area contributed by atoms with E-state index in [1.807, 2.05) is 60.7 Å². The first kappa shape index (κ1) is 26.1. The highest BCUT2D eigenvalue weighted by molar-refractivity contribution is 8.18. The van der Waals surface area contributed by atoms with E-state index < -0.39 is 0 Å². The van der Waals surface area contributed by atoms with Gasteiger partial charge in [-0.25, -0.2) is 0 Å². The zero-order valence-electron chi connectivity index (χ0n) is 22.2. The number of rotatable bonds is 7. The van der Waals surface area contributed by atoms with Crippen molar-refractivity contribution in [3.8, 4) is 5.75 Å². The van der Waals surface area contributed by atoms with Crippen molar-refractivity contribution < 1.29 is 9.53 Å². The minimum absolute atomic E-state index is 0.168. The van der Waals surface area contributed by atoms with E-state index in [-0.39, 0.29) is 11.9 Å². The van der Waals surface area contributed by atoms with Crippen molar-refractivity contribution in [3.05, 3.63) is 142 Å². The normalized spacial score (nSPS) is 16.9. The predicted octanol–water partition coefficient (Wildman–Crippen LogP) is 6.64. The van der Waals surface area contributed by atoms with Crippen LogP contribution in [0.1, 0.15) is 28.3 Å². The van der Waals surface area contributed by atoms with Crippen molar-refractivity contribution in [2.24, 2.45) is 4.99 Å². The van der Waals surface area contributed by atoms with Crippen LogP contribution in [0.2, 0.25) is 0 Å². The Hall–Kier alpha value is -4.13. The summed E-state index contributed by atoms with van der Waals surface area (Å²) >= 11 is 1.47. The summed E-state index contributed by atoms with van der Waals surface area (Å²) in [5, 5.41) is 0.801. The average Bonchev–Trinajstić information content (AvgIpc) is 3.38. The van der Waals surface area contributed by atoms with Crippen LogP contribution in [-0.4, -0.2) is 47.1 Å². The number of benzene rings is 4. The molecule has 0 spiro atoms. The standard InChI is InChI=1S/C34H31N3O2S/c38-33-31(24-26-16-18-30(19-17-26)39-25-27-10-4-1-5-11-27)40-34(35-33)37-22-20-36(21-23-37)32(28-12-6-2-7-13-28)29-14-8-3-9-15-29/h1-19,24,32H,20-23,25H2/b31-24+. The Bertz CT molecular complexity index is 1440. The molecule has 4 aromatic carbocycles. The summed E-state index contributed by atoms with van der Waals surface area (Å²) in [5.74, 6) is 0.633. The van der Waals surface area contributed by atoms with Gasteiger partial charge < -0.3 is 9.64 Å². The number of carbonyl (C=O) groups is 1. The molecule has 0 N–H and O–H groups in total. The zero-order valence-corrected chi connectivity index (χ0v) is 23.0. The van der Waals surface area contributed by atoms with E-state index in [1.165, 1.54) is 22.9 Å². The maximum absolute atomic E-state index is 12.8. The van der Waals surface area contributed by atoms with E-state index >= 15 is 0 Å². The fourth-order valence-electron chi connectivity index (χ4n) is 5.14. The number of amidine groups is 1. The largest absolute Gasteiger partial charge is 0.489 e. The van der Waals surface area contributed by atoms with E-state index in [4.69, 9.17) is 4.74 Å². The minimum atomic E-state index is -0.168. The van der Waals surface area contributed by atoms with Gasteiger partial charge in [-0.05, 0) is 52.2 Å². The molecule has 5 nitrogen and oxygen atoms in total. The molecule has 0 aliphatic carbocycles. The zero-order chi connectivity index (χ0) is 27.1. The Labute approximate surface area is 239 Å². The molecule has 0 atom stereocenters. The van der Waals surface area contributed by atoms with Crippen molar-refractivity contribution in [2.45, 2.75) is 12.6 Å². The van der Waals surface area contributed by atoms with Crippen LogP contribution in [0, 0.1) is 0 Å². The molecule has 1 fully saturated rings. The summed E-state index contributed by atoms with van der Waals surface area (Å²) in [7, 11) is 0. The summed E-state index contributed by atoms with van der Waals surface area (Å²) in [6.45, 7) is 3.97. The Morgan fingerprint density at radius 1 is 0.750 bits per heavy atom. The van der Waals surface area contributed by atoms with Gasteiger partial charge in [0, 0.05) is 26.2 Å². The molecule has 2 aliphatic rings. The highest BCUT2D eigenvalue weighted by Crippen LogP contribution is 2.33. The second-order valence-corrected chi connectivity index (χ2v) is 10.9. The van der Waals surface area contributed by atoms with Gasteiger partial charge in [-0.15, -0.1) is 0 Å². The monoisotopic (exact) mass is 545 g/mol. The second-order valence-electron chi connectivity index (χ2n) is 9.90. The lowest BCUT2D eigenvalue weighted by molar-refractivity contribution is -0.113. The molecule has 1 amide bonds. The van der Waals surface area contributed by atoms with Crippen LogP contribution in [0.4, 0.5) is 0 Å². The van der Waals surface area contributed by atoms with Crippen molar-refractivity contribution in [1.29, 1.82) is 0 Å². The summed E-state index contributed by atoms with van der Waals surface area (Å²) in [6.07, 6.45) is 1.92. The molecule has 0 bridgehead atoms.